The summed E-state index contributed by atoms with van der Waals surface area (Å²) in [5.41, 5.74) is 6.78. The number of ether oxygens (including phenoxy) is 3. The maximum Gasteiger partial charge on any atom is 0.414 e. The minimum atomic E-state index is -3.86. The number of piperazine rings is 1. The summed E-state index contributed by atoms with van der Waals surface area (Å²) in [7, 11) is -1.33. The number of carbonyl (C=O) groups excluding carboxylic acids is 2. The summed E-state index contributed by atoms with van der Waals surface area (Å²) in [6, 6.07) is 6.78. The number of methoxy groups -OCH3 is 2. The van der Waals surface area contributed by atoms with E-state index < -0.39 is 22.1 Å². The first-order chi connectivity index (χ1) is 17.1. The van der Waals surface area contributed by atoms with Crippen LogP contribution in [0.3, 0.4) is 0 Å². The molecule has 1 aromatic carbocycles. The number of nitrogens with two attached hydrogens (primary N) is 1. The van der Waals surface area contributed by atoms with Crippen molar-refractivity contribution >= 4 is 44.9 Å². The van der Waals surface area contributed by atoms with Gasteiger partial charge in [-0.15, -0.1) is 11.3 Å². The van der Waals surface area contributed by atoms with Crippen molar-refractivity contribution in [3.63, 3.8) is 0 Å². The van der Waals surface area contributed by atoms with Gasteiger partial charge in [0.1, 0.15) is 17.5 Å². The molecule has 0 bridgehead atoms. The molecule has 0 radical (unpaired) electrons. The van der Waals surface area contributed by atoms with Crippen LogP contribution in [0.1, 0.15) is 15.9 Å². The fourth-order valence-electron chi connectivity index (χ4n) is 4.16. The highest BCUT2D eigenvalue weighted by Crippen LogP contribution is 2.37. The Morgan fingerprint density at radius 2 is 1.86 bits per heavy atom. The summed E-state index contributed by atoms with van der Waals surface area (Å²) < 4.78 is 43.3. The highest BCUT2D eigenvalue weighted by atomic mass is 32.2. The summed E-state index contributed by atoms with van der Waals surface area (Å²) in [5, 5.41) is 8.90. The zero-order valence-corrected chi connectivity index (χ0v) is 21.4. The molecule has 1 aromatic heterocycles. The Morgan fingerprint density at radius 1 is 1.19 bits per heavy atom. The second-order valence-corrected chi connectivity index (χ2v) is 11.3. The van der Waals surface area contributed by atoms with E-state index in [4.69, 9.17) is 25.4 Å². The number of nitrogens with zero attached hydrogens (tertiary/aromatic N) is 3. The molecule has 1 atom stereocenters. The van der Waals surface area contributed by atoms with Crippen molar-refractivity contribution in [2.24, 2.45) is 5.73 Å². The summed E-state index contributed by atoms with van der Waals surface area (Å²) in [4.78, 5) is 27.9. The van der Waals surface area contributed by atoms with Crippen LogP contribution in [0, 0.1) is 5.41 Å². The first-order valence-corrected chi connectivity index (χ1v) is 13.4. The smallest absolute Gasteiger partial charge is 0.414 e. The number of amidine groups is 1. The van der Waals surface area contributed by atoms with Crippen LogP contribution in [0.2, 0.25) is 0 Å². The molecule has 36 heavy (non-hydrogen) atoms. The third kappa shape index (κ3) is 5.02. The lowest BCUT2D eigenvalue weighted by atomic mass is 10.2. The van der Waals surface area contributed by atoms with Gasteiger partial charge in [0.2, 0.25) is 0 Å². The predicted molar refractivity (Wildman–Crippen MR) is 132 cm³/mol. The lowest BCUT2D eigenvalue weighted by Gasteiger charge is -2.34. The number of esters is 1. The number of hydrogen-bond acceptors (Lipinski definition) is 10. The van der Waals surface area contributed by atoms with E-state index >= 15 is 0 Å². The van der Waals surface area contributed by atoms with E-state index in [0.29, 0.717) is 37.4 Å². The summed E-state index contributed by atoms with van der Waals surface area (Å²) in [6.07, 6.45) is -0.823. The number of hydrogen-bond donors (Lipinski definition) is 2. The van der Waals surface area contributed by atoms with E-state index in [0.717, 1.165) is 11.3 Å². The number of carbonyl (C=O) groups is 2. The molecule has 2 aliphatic rings. The van der Waals surface area contributed by atoms with E-state index in [-0.39, 0.29) is 40.6 Å². The molecule has 3 heterocycles. The van der Waals surface area contributed by atoms with Gasteiger partial charge >= 0.3 is 12.1 Å². The molecule has 0 aliphatic carbocycles. The maximum atomic E-state index is 13.2. The van der Waals surface area contributed by atoms with E-state index in [1.54, 1.807) is 24.3 Å². The van der Waals surface area contributed by atoms with Gasteiger partial charge in [0, 0.05) is 49.4 Å². The highest BCUT2D eigenvalue weighted by molar-refractivity contribution is 7.91. The van der Waals surface area contributed by atoms with Crippen LogP contribution in [0.4, 0.5) is 10.5 Å². The van der Waals surface area contributed by atoms with Gasteiger partial charge in [-0.25, -0.2) is 18.0 Å². The van der Waals surface area contributed by atoms with Crippen molar-refractivity contribution in [1.82, 2.24) is 9.21 Å². The topological polar surface area (TPSA) is 156 Å². The Balaban J connectivity index is 1.35. The van der Waals surface area contributed by atoms with Crippen molar-refractivity contribution in [1.29, 1.82) is 5.41 Å². The molecule has 4 rings (SSSR count). The van der Waals surface area contributed by atoms with E-state index in [2.05, 4.69) is 4.90 Å². The molecule has 2 aromatic rings. The Bertz CT molecular complexity index is 1250. The third-order valence-corrected chi connectivity index (χ3v) is 9.43. The lowest BCUT2D eigenvalue weighted by Crippen LogP contribution is -2.50. The second kappa shape index (κ2) is 10.4. The molecule has 14 heteroatoms. The van der Waals surface area contributed by atoms with Gasteiger partial charge in [-0.1, -0.05) is 0 Å². The maximum absolute atomic E-state index is 13.2. The lowest BCUT2D eigenvalue weighted by molar-refractivity contribution is 0.0597. The quantitative estimate of drug-likeness (QED) is 0.287. The number of amides is 1. The average Bonchev–Trinajstić information content (AvgIpc) is 3.47. The third-order valence-electron chi connectivity index (χ3n) is 6.05. The molecule has 2 aliphatic heterocycles. The number of thiophene rings is 1. The minimum Gasteiger partial charge on any atom is -0.494 e. The molecular weight excluding hydrogens is 510 g/mol. The standard InChI is InChI=1S/C22H27N5O7S2/c1-32-18-17(20(28)33-2)13-35-21(18)36(30,31)26-9-7-25(8-10-26)11-16-12-27(22(29)34-16)15-5-3-14(4-6-15)19(23)24/h3-6,13,16H,7-12H2,1-2H3,(H3,23,24). The molecule has 1 amide bonds. The largest absolute Gasteiger partial charge is 0.494 e. The van der Waals surface area contributed by atoms with Crippen molar-refractivity contribution in [2.45, 2.75) is 10.3 Å². The first-order valence-electron chi connectivity index (χ1n) is 11.0. The van der Waals surface area contributed by atoms with Crippen LogP contribution in [-0.2, 0) is 19.5 Å². The average molecular weight is 538 g/mol. The van der Waals surface area contributed by atoms with Gasteiger partial charge in [-0.05, 0) is 24.3 Å². The molecule has 0 saturated carbocycles. The van der Waals surface area contributed by atoms with Gasteiger partial charge in [-0.2, -0.15) is 4.31 Å². The van der Waals surface area contributed by atoms with Crippen molar-refractivity contribution < 1.29 is 32.2 Å². The van der Waals surface area contributed by atoms with Crippen molar-refractivity contribution in [3.8, 4) is 5.75 Å². The molecule has 1 unspecified atom stereocenters. The summed E-state index contributed by atoms with van der Waals surface area (Å²) in [6.45, 7) is 2.23. The van der Waals surface area contributed by atoms with Gasteiger partial charge in [0.15, 0.2) is 9.96 Å². The van der Waals surface area contributed by atoms with Gasteiger partial charge in [0.05, 0.1) is 20.8 Å². The van der Waals surface area contributed by atoms with Crippen LogP contribution in [0.5, 0.6) is 5.75 Å². The van der Waals surface area contributed by atoms with Crippen LogP contribution in [0.15, 0.2) is 33.9 Å². The van der Waals surface area contributed by atoms with Gasteiger partial charge < -0.3 is 19.9 Å². The molecule has 0 spiro atoms. The minimum absolute atomic E-state index is 0.0106. The van der Waals surface area contributed by atoms with Gasteiger partial charge in [-0.3, -0.25) is 15.2 Å². The second-order valence-electron chi connectivity index (χ2n) is 8.24. The summed E-state index contributed by atoms with van der Waals surface area (Å²) >= 11 is 0.922. The van der Waals surface area contributed by atoms with Crippen LogP contribution < -0.4 is 15.4 Å². The van der Waals surface area contributed by atoms with Gasteiger partial charge in [0.25, 0.3) is 10.0 Å². The predicted octanol–water partition coefficient (Wildman–Crippen LogP) is 1.16. The fourth-order valence-corrected chi connectivity index (χ4v) is 7.14. The molecule has 3 N–H and O–H groups in total. The number of rotatable bonds is 8. The van der Waals surface area contributed by atoms with Crippen LogP contribution >= 0.6 is 11.3 Å². The Labute approximate surface area is 212 Å². The monoisotopic (exact) mass is 537 g/mol. The molecular formula is C22H27N5O7S2. The number of cyclic esters (lactones) is 1. The molecule has 2 saturated heterocycles. The molecule has 2 fully saturated rings. The van der Waals surface area contributed by atoms with Crippen molar-refractivity contribution in [3.05, 3.63) is 40.8 Å². The van der Waals surface area contributed by atoms with Crippen LogP contribution in [0.25, 0.3) is 0 Å². The highest BCUT2D eigenvalue weighted by Gasteiger charge is 2.37. The number of nitrogen functional groups attached to an aromatic ring is 1. The van der Waals surface area contributed by atoms with E-state index in [9.17, 15) is 18.0 Å². The number of sulfonamides is 1. The summed E-state index contributed by atoms with van der Waals surface area (Å²) in [5.74, 6) is -0.723. The number of benzene rings is 1. The van der Waals surface area contributed by atoms with E-state index in [1.165, 1.54) is 28.8 Å². The Kier molecular flexibility index (Phi) is 7.49. The zero-order valence-electron chi connectivity index (χ0n) is 19.8. The SMILES string of the molecule is COC(=O)c1csc(S(=O)(=O)N2CCN(CC3CN(c4ccc(C(=N)N)cc4)C(=O)O3)CC2)c1OC. The van der Waals surface area contributed by atoms with Crippen LogP contribution in [-0.4, -0.2) is 95.1 Å². The normalized spacial score (nSPS) is 19.2. The molecule has 194 valence electrons. The number of anilines is 1. The Hall–Kier alpha value is -3.20. The van der Waals surface area contributed by atoms with E-state index in [1.807, 2.05) is 0 Å². The first kappa shape index (κ1) is 25.9. The zero-order chi connectivity index (χ0) is 26.0. The fraction of sp³-hybridized carbons (Fsp3) is 0.409. The molecule has 12 nitrogen and oxygen atoms in total. The van der Waals surface area contributed by atoms with Crippen molar-refractivity contribution in [2.75, 3.05) is 58.4 Å². The number of nitrogens with one attached hydrogen (secondary N) is 1. The Morgan fingerprint density at radius 3 is 2.44 bits per heavy atom.